The van der Waals surface area contributed by atoms with Crippen LogP contribution in [0, 0.1) is 13.8 Å². The fourth-order valence-corrected chi connectivity index (χ4v) is 3.30. The van der Waals surface area contributed by atoms with Crippen molar-refractivity contribution in [1.82, 2.24) is 9.77 Å². The lowest BCUT2D eigenvalue weighted by Crippen LogP contribution is -2.20. The minimum atomic E-state index is -1.39. The quantitative estimate of drug-likeness (QED) is 0.452. The van der Waals surface area contributed by atoms with E-state index in [4.69, 9.17) is 9.68 Å². The molecular formula is C18H24N2O4S2. The molecule has 0 radical (unpaired) electrons. The third-order valence-electron chi connectivity index (χ3n) is 3.48. The maximum atomic E-state index is 11.9. The van der Waals surface area contributed by atoms with E-state index < -0.39 is 22.0 Å². The molecule has 0 fully saturated rings. The molecule has 0 bridgehead atoms. The molecule has 6 nitrogen and oxygen atoms in total. The highest BCUT2D eigenvalue weighted by atomic mass is 32.2. The summed E-state index contributed by atoms with van der Waals surface area (Å²) in [7, 11) is -2.77. The van der Waals surface area contributed by atoms with Crippen molar-refractivity contribution in [2.24, 2.45) is 0 Å². The number of nitrogens with one attached hydrogen (secondary N) is 2. The summed E-state index contributed by atoms with van der Waals surface area (Å²) in [6.45, 7) is 4.76. The number of aryl methyl sites for hydroxylation is 2. The normalized spacial score (nSPS) is 13.5. The van der Waals surface area contributed by atoms with Gasteiger partial charge in [-0.3, -0.25) is 9.68 Å². The third-order valence-corrected chi connectivity index (χ3v) is 5.42. The van der Waals surface area contributed by atoms with Gasteiger partial charge in [0.05, 0.1) is 23.0 Å². The minimum absolute atomic E-state index is 0.405. The molecule has 2 rings (SSSR count). The molecule has 26 heavy (non-hydrogen) atoms. The van der Waals surface area contributed by atoms with Crippen molar-refractivity contribution in [3.63, 3.8) is 0 Å². The molecule has 0 aliphatic heterocycles. The molecule has 0 saturated heterocycles. The average molecular weight is 397 g/mol. The molecule has 0 amide bonds. The van der Waals surface area contributed by atoms with Crippen LogP contribution in [-0.2, 0) is 31.6 Å². The van der Waals surface area contributed by atoms with Crippen molar-refractivity contribution in [1.29, 1.82) is 0 Å². The number of hydrogen-bond acceptors (Lipinski definition) is 4. The van der Waals surface area contributed by atoms with Gasteiger partial charge < -0.3 is 0 Å². The molecule has 0 heterocycles. The number of hydrogen-bond donors (Lipinski definition) is 2. The van der Waals surface area contributed by atoms with E-state index in [-0.39, 0.29) is 0 Å². The van der Waals surface area contributed by atoms with Crippen molar-refractivity contribution >= 4 is 22.0 Å². The predicted molar refractivity (Wildman–Crippen MR) is 103 cm³/mol. The van der Waals surface area contributed by atoms with Gasteiger partial charge in [0.1, 0.15) is 22.0 Å². The smallest absolute Gasteiger partial charge is 0.148 e. The van der Waals surface area contributed by atoms with Gasteiger partial charge in [-0.25, -0.2) is 8.42 Å². The molecule has 2 N–H and O–H groups in total. The van der Waals surface area contributed by atoms with Crippen LogP contribution in [0.3, 0.4) is 0 Å². The Morgan fingerprint density at radius 2 is 1.04 bits per heavy atom. The standard InChI is InChI=1S/C18H24N2O4S2/c1-15-5-9-17(10-6-15)25(21)19-23-13-3-4-14-24-20-26(22)18-11-7-16(2)8-12-18/h5-12,19-20H,3-4,13-14H2,1-2H3/t25-,26-/m0/s1. The van der Waals surface area contributed by atoms with E-state index >= 15 is 0 Å². The Bertz CT molecular complexity index is 657. The first-order valence-corrected chi connectivity index (χ1v) is 10.6. The second kappa shape index (κ2) is 11.3. The summed E-state index contributed by atoms with van der Waals surface area (Å²) in [5, 5.41) is 0. The van der Waals surface area contributed by atoms with Gasteiger partial charge in [-0.1, -0.05) is 35.4 Å². The van der Waals surface area contributed by atoms with Crippen molar-refractivity contribution in [2.75, 3.05) is 13.2 Å². The van der Waals surface area contributed by atoms with E-state index in [0.29, 0.717) is 23.0 Å². The molecular weight excluding hydrogens is 372 g/mol. The van der Waals surface area contributed by atoms with E-state index in [1.54, 1.807) is 24.3 Å². The summed E-state index contributed by atoms with van der Waals surface area (Å²) in [6, 6.07) is 14.8. The molecule has 142 valence electrons. The van der Waals surface area contributed by atoms with E-state index in [1.807, 2.05) is 38.1 Å². The Balaban J connectivity index is 1.51. The Labute approximate surface area is 159 Å². The number of rotatable bonds is 11. The van der Waals surface area contributed by atoms with Gasteiger partial charge in [0.15, 0.2) is 0 Å². The molecule has 0 unspecified atom stereocenters. The van der Waals surface area contributed by atoms with Crippen LogP contribution in [0.15, 0.2) is 58.3 Å². The Morgan fingerprint density at radius 3 is 1.38 bits per heavy atom. The van der Waals surface area contributed by atoms with Gasteiger partial charge >= 0.3 is 0 Å². The molecule has 0 aliphatic rings. The SMILES string of the molecule is Cc1ccc([S@](=O)NOCCCCON[S@@](=O)c2ccc(C)cc2)cc1. The highest BCUT2D eigenvalue weighted by Gasteiger charge is 2.04. The van der Waals surface area contributed by atoms with Gasteiger partial charge in [-0.15, -0.1) is 9.77 Å². The molecule has 2 atom stereocenters. The zero-order valence-electron chi connectivity index (χ0n) is 14.9. The average Bonchev–Trinajstić information content (AvgIpc) is 2.64. The summed E-state index contributed by atoms with van der Waals surface area (Å²) in [4.78, 5) is 16.8. The van der Waals surface area contributed by atoms with Crippen LogP contribution in [0.5, 0.6) is 0 Å². The lowest BCUT2D eigenvalue weighted by molar-refractivity contribution is 0.0680. The molecule has 2 aromatic rings. The largest absolute Gasteiger partial charge is 0.289 e. The van der Waals surface area contributed by atoms with E-state index in [2.05, 4.69) is 9.77 Å². The first-order chi connectivity index (χ1) is 12.6. The maximum absolute atomic E-state index is 11.9. The van der Waals surface area contributed by atoms with E-state index in [0.717, 1.165) is 24.0 Å². The molecule has 0 saturated carbocycles. The Morgan fingerprint density at radius 1 is 0.692 bits per heavy atom. The molecule has 8 heteroatoms. The first-order valence-electron chi connectivity index (χ1n) is 8.28. The second-order valence-electron chi connectivity index (χ2n) is 5.73. The van der Waals surface area contributed by atoms with Crippen LogP contribution >= 0.6 is 0 Å². The first kappa shape index (κ1) is 20.9. The Hall–Kier alpha value is -1.42. The summed E-state index contributed by atoms with van der Waals surface area (Å²) in [5.74, 6) is 0. The zero-order chi connectivity index (χ0) is 18.8. The lowest BCUT2D eigenvalue weighted by Gasteiger charge is -2.07. The molecule has 2 aromatic carbocycles. The van der Waals surface area contributed by atoms with Crippen LogP contribution < -0.4 is 9.77 Å². The van der Waals surface area contributed by atoms with Crippen LogP contribution in [0.2, 0.25) is 0 Å². The van der Waals surface area contributed by atoms with E-state index in [9.17, 15) is 8.42 Å². The van der Waals surface area contributed by atoms with Gasteiger partial charge in [-0.2, -0.15) is 0 Å². The van der Waals surface area contributed by atoms with Gasteiger partial charge in [0, 0.05) is 0 Å². The van der Waals surface area contributed by atoms with Gasteiger partial charge in [0.2, 0.25) is 0 Å². The summed E-state index contributed by atoms with van der Waals surface area (Å²) < 4.78 is 23.9. The lowest BCUT2D eigenvalue weighted by atomic mass is 10.2. The van der Waals surface area contributed by atoms with Gasteiger partial charge in [-0.05, 0) is 51.0 Å². The van der Waals surface area contributed by atoms with Crippen LogP contribution in [0.25, 0.3) is 0 Å². The van der Waals surface area contributed by atoms with E-state index in [1.165, 1.54) is 0 Å². The third kappa shape index (κ3) is 7.45. The van der Waals surface area contributed by atoms with Gasteiger partial charge in [0.25, 0.3) is 0 Å². The number of unbranched alkanes of at least 4 members (excludes halogenated alkanes) is 1. The minimum Gasteiger partial charge on any atom is -0.289 e. The van der Waals surface area contributed by atoms with Crippen LogP contribution in [0.1, 0.15) is 24.0 Å². The summed E-state index contributed by atoms with van der Waals surface area (Å²) >= 11 is 0. The van der Waals surface area contributed by atoms with Crippen molar-refractivity contribution in [2.45, 2.75) is 36.5 Å². The highest BCUT2D eigenvalue weighted by Crippen LogP contribution is 2.07. The summed E-state index contributed by atoms with van der Waals surface area (Å²) in [5.41, 5.74) is 2.23. The Kier molecular flexibility index (Phi) is 9.10. The highest BCUT2D eigenvalue weighted by molar-refractivity contribution is 7.83. The molecule has 0 aliphatic carbocycles. The van der Waals surface area contributed by atoms with Crippen molar-refractivity contribution < 1.29 is 18.1 Å². The predicted octanol–water partition coefficient (Wildman–Crippen LogP) is 2.87. The van der Waals surface area contributed by atoms with Crippen LogP contribution in [-0.4, -0.2) is 21.6 Å². The van der Waals surface area contributed by atoms with Crippen molar-refractivity contribution in [3.8, 4) is 0 Å². The molecule has 0 spiro atoms. The monoisotopic (exact) mass is 396 g/mol. The van der Waals surface area contributed by atoms with Crippen molar-refractivity contribution in [3.05, 3.63) is 59.7 Å². The maximum Gasteiger partial charge on any atom is 0.148 e. The van der Waals surface area contributed by atoms with Crippen LogP contribution in [0.4, 0.5) is 0 Å². The zero-order valence-corrected chi connectivity index (χ0v) is 16.5. The summed E-state index contributed by atoms with van der Waals surface area (Å²) in [6.07, 6.45) is 1.44. The second-order valence-corrected chi connectivity index (χ2v) is 8.09. The molecule has 0 aromatic heterocycles. The topological polar surface area (TPSA) is 76.7 Å². The fraction of sp³-hybridized carbons (Fsp3) is 0.333. The fourth-order valence-electron chi connectivity index (χ4n) is 1.96. The number of benzene rings is 2.